The smallest absolute Gasteiger partial charge is 0.322 e. The van der Waals surface area contributed by atoms with Crippen molar-refractivity contribution in [2.45, 2.75) is 53.1 Å². The Morgan fingerprint density at radius 2 is 1.70 bits per heavy atom. The molecule has 37 heavy (non-hydrogen) atoms. The minimum absolute atomic E-state index is 0.000702. The molecule has 0 bridgehead atoms. The van der Waals surface area contributed by atoms with Crippen molar-refractivity contribution in [3.05, 3.63) is 87.6 Å². The van der Waals surface area contributed by atoms with Crippen molar-refractivity contribution in [3.8, 4) is 0 Å². The van der Waals surface area contributed by atoms with E-state index in [1.54, 1.807) is 16.2 Å². The van der Waals surface area contributed by atoms with Gasteiger partial charge in [0.2, 0.25) is 5.91 Å². The number of nitrogens with one attached hydrogen (secondary N) is 1. The summed E-state index contributed by atoms with van der Waals surface area (Å²) in [6.07, 6.45) is 0.656. The molecular formula is C30H39N3O3S. The number of amides is 3. The first-order valence-corrected chi connectivity index (χ1v) is 13.8. The van der Waals surface area contributed by atoms with E-state index in [1.807, 2.05) is 71.8 Å². The zero-order valence-electron chi connectivity index (χ0n) is 22.4. The monoisotopic (exact) mass is 521 g/mol. The fourth-order valence-corrected chi connectivity index (χ4v) is 4.87. The van der Waals surface area contributed by atoms with Crippen LogP contribution in [0.15, 0.2) is 66.0 Å². The van der Waals surface area contributed by atoms with Gasteiger partial charge >= 0.3 is 6.03 Å². The molecule has 0 aliphatic heterocycles. The molecule has 0 unspecified atom stereocenters. The molecule has 0 spiro atoms. The summed E-state index contributed by atoms with van der Waals surface area (Å²) < 4.78 is 5.48. The minimum Gasteiger partial charge on any atom is -0.382 e. The topological polar surface area (TPSA) is 61.9 Å². The van der Waals surface area contributed by atoms with E-state index in [0.29, 0.717) is 50.9 Å². The number of urea groups is 1. The van der Waals surface area contributed by atoms with Crippen LogP contribution in [0.1, 0.15) is 54.7 Å². The molecule has 3 amide bonds. The van der Waals surface area contributed by atoms with Gasteiger partial charge in [-0.05, 0) is 66.5 Å². The van der Waals surface area contributed by atoms with Gasteiger partial charge in [-0.25, -0.2) is 4.79 Å². The number of rotatable bonds is 13. The van der Waals surface area contributed by atoms with Gasteiger partial charge in [-0.2, -0.15) is 0 Å². The molecule has 0 fully saturated rings. The second kappa shape index (κ2) is 14.5. The van der Waals surface area contributed by atoms with E-state index in [-0.39, 0.29) is 18.5 Å². The van der Waals surface area contributed by atoms with Crippen LogP contribution in [-0.4, -0.2) is 48.0 Å². The fourth-order valence-electron chi connectivity index (χ4n) is 3.95. The predicted octanol–water partition coefficient (Wildman–Crippen LogP) is 6.67. The largest absolute Gasteiger partial charge is 0.382 e. The molecule has 0 aliphatic rings. The van der Waals surface area contributed by atoms with E-state index < -0.39 is 0 Å². The molecule has 0 atom stereocenters. The number of hydrogen-bond acceptors (Lipinski definition) is 4. The maximum Gasteiger partial charge on any atom is 0.322 e. The van der Waals surface area contributed by atoms with Crippen molar-refractivity contribution >= 4 is 29.0 Å². The zero-order chi connectivity index (χ0) is 26.6. The molecule has 6 nitrogen and oxygen atoms in total. The van der Waals surface area contributed by atoms with Crippen molar-refractivity contribution in [3.63, 3.8) is 0 Å². The lowest BCUT2D eigenvalue weighted by atomic mass is 10.0. The van der Waals surface area contributed by atoms with E-state index in [1.165, 1.54) is 11.1 Å². The van der Waals surface area contributed by atoms with Crippen molar-refractivity contribution in [2.75, 3.05) is 31.6 Å². The Bertz CT molecular complexity index is 1110. The normalized spacial score (nSPS) is 10.9. The van der Waals surface area contributed by atoms with Crippen LogP contribution in [-0.2, 0) is 22.6 Å². The first kappa shape index (κ1) is 28.4. The quantitative estimate of drug-likeness (QED) is 0.256. The van der Waals surface area contributed by atoms with Gasteiger partial charge in [0.15, 0.2) is 0 Å². The van der Waals surface area contributed by atoms with Gasteiger partial charge in [-0.1, -0.05) is 56.3 Å². The first-order chi connectivity index (χ1) is 17.9. The summed E-state index contributed by atoms with van der Waals surface area (Å²) in [5, 5.41) is 5.02. The van der Waals surface area contributed by atoms with Gasteiger partial charge in [0.1, 0.15) is 6.54 Å². The number of benzene rings is 2. The molecular weight excluding hydrogens is 482 g/mol. The third-order valence-electron chi connectivity index (χ3n) is 6.23. The highest BCUT2D eigenvalue weighted by Gasteiger charge is 2.23. The van der Waals surface area contributed by atoms with E-state index in [0.717, 1.165) is 10.4 Å². The summed E-state index contributed by atoms with van der Waals surface area (Å²) in [5.74, 6) is 0.332. The van der Waals surface area contributed by atoms with Crippen LogP contribution >= 0.6 is 11.3 Å². The van der Waals surface area contributed by atoms with Gasteiger partial charge in [0, 0.05) is 36.9 Å². The van der Waals surface area contributed by atoms with Crippen LogP contribution in [0.2, 0.25) is 0 Å². The Morgan fingerprint density at radius 3 is 2.32 bits per heavy atom. The highest BCUT2D eigenvalue weighted by molar-refractivity contribution is 7.10. The van der Waals surface area contributed by atoms with Crippen LogP contribution in [0.4, 0.5) is 10.5 Å². The van der Waals surface area contributed by atoms with Crippen LogP contribution in [0.25, 0.3) is 0 Å². The molecule has 0 saturated carbocycles. The van der Waals surface area contributed by atoms with Gasteiger partial charge in [-0.15, -0.1) is 11.3 Å². The van der Waals surface area contributed by atoms with Crippen LogP contribution < -0.4 is 5.32 Å². The number of anilines is 1. The Labute approximate surface area is 225 Å². The SMILES string of the molecule is CCOCCCN(CC(=O)N(Cc1ccccc1)Cc1sccc1C)C(=O)Nc1ccc(C(C)C)cc1. The average molecular weight is 522 g/mol. The second-order valence-corrected chi connectivity index (χ2v) is 10.4. The first-order valence-electron chi connectivity index (χ1n) is 13.0. The fraction of sp³-hybridized carbons (Fsp3) is 0.400. The molecule has 3 rings (SSSR count). The molecule has 198 valence electrons. The van der Waals surface area contributed by atoms with E-state index in [4.69, 9.17) is 4.74 Å². The minimum atomic E-state index is -0.283. The lowest BCUT2D eigenvalue weighted by molar-refractivity contribution is -0.133. The second-order valence-electron chi connectivity index (χ2n) is 9.44. The third kappa shape index (κ3) is 9.02. The van der Waals surface area contributed by atoms with Gasteiger partial charge < -0.3 is 19.9 Å². The molecule has 1 heterocycles. The summed E-state index contributed by atoms with van der Waals surface area (Å²) >= 11 is 1.65. The zero-order valence-corrected chi connectivity index (χ0v) is 23.2. The molecule has 0 saturated heterocycles. The van der Waals surface area contributed by atoms with Crippen LogP contribution in [0, 0.1) is 6.92 Å². The Kier molecular flexibility index (Phi) is 11.2. The Balaban J connectivity index is 1.75. The van der Waals surface area contributed by atoms with Gasteiger partial charge in [-0.3, -0.25) is 4.79 Å². The highest BCUT2D eigenvalue weighted by atomic mass is 32.1. The number of hydrogen-bond donors (Lipinski definition) is 1. The summed E-state index contributed by atoms with van der Waals surface area (Å²) in [6, 6.07) is 19.6. The highest BCUT2D eigenvalue weighted by Crippen LogP contribution is 2.20. The van der Waals surface area contributed by atoms with E-state index >= 15 is 0 Å². The third-order valence-corrected chi connectivity index (χ3v) is 7.24. The molecule has 2 aromatic carbocycles. The molecule has 0 radical (unpaired) electrons. The number of nitrogens with zero attached hydrogens (tertiary/aromatic N) is 2. The predicted molar refractivity (Wildman–Crippen MR) is 152 cm³/mol. The van der Waals surface area contributed by atoms with Crippen molar-refractivity contribution in [2.24, 2.45) is 0 Å². The lowest BCUT2D eigenvalue weighted by Crippen LogP contribution is -2.44. The number of ether oxygens (including phenoxy) is 1. The molecule has 1 aromatic heterocycles. The van der Waals surface area contributed by atoms with E-state index in [2.05, 4.69) is 32.2 Å². The van der Waals surface area contributed by atoms with Crippen molar-refractivity contribution in [1.82, 2.24) is 9.80 Å². The lowest BCUT2D eigenvalue weighted by Gasteiger charge is -2.28. The summed E-state index contributed by atoms with van der Waals surface area (Å²) in [4.78, 5) is 31.5. The Morgan fingerprint density at radius 1 is 0.973 bits per heavy atom. The molecule has 7 heteroatoms. The average Bonchev–Trinajstić information content (AvgIpc) is 3.30. The standard InChI is InChI=1S/C30H39N3O3S/c1-5-36-18-9-17-32(30(35)31-27-14-12-26(13-15-27)23(2)3)22-29(34)33(20-25-10-7-6-8-11-25)21-28-24(4)16-19-37-28/h6-8,10-16,19,23H,5,9,17-18,20-22H2,1-4H3,(H,31,35). The summed E-state index contributed by atoms with van der Waals surface area (Å²) in [5.41, 5.74) is 4.16. The van der Waals surface area contributed by atoms with E-state index in [9.17, 15) is 9.59 Å². The maximum atomic E-state index is 13.6. The summed E-state index contributed by atoms with van der Waals surface area (Å²) in [7, 11) is 0. The van der Waals surface area contributed by atoms with Gasteiger partial charge in [0.05, 0.1) is 6.54 Å². The Hall–Kier alpha value is -3.16. The van der Waals surface area contributed by atoms with Crippen molar-refractivity contribution in [1.29, 1.82) is 0 Å². The molecule has 3 aromatic rings. The van der Waals surface area contributed by atoms with Gasteiger partial charge in [0.25, 0.3) is 0 Å². The number of aryl methyl sites for hydroxylation is 1. The number of carbonyl (C=O) groups excluding carboxylic acids is 2. The van der Waals surface area contributed by atoms with Crippen LogP contribution in [0.5, 0.6) is 0 Å². The molecule has 1 N–H and O–H groups in total. The van der Waals surface area contributed by atoms with Crippen LogP contribution in [0.3, 0.4) is 0 Å². The maximum absolute atomic E-state index is 13.6. The van der Waals surface area contributed by atoms with Crippen molar-refractivity contribution < 1.29 is 14.3 Å². The number of thiophene rings is 1. The summed E-state index contributed by atoms with van der Waals surface area (Å²) in [6.45, 7) is 10.9. The molecule has 0 aliphatic carbocycles. The number of carbonyl (C=O) groups is 2.